The van der Waals surface area contributed by atoms with Crippen molar-refractivity contribution in [2.45, 2.75) is 13.2 Å². The molecule has 2 aromatic rings. The molecule has 2 aromatic carbocycles. The first kappa shape index (κ1) is 22.3. The van der Waals surface area contributed by atoms with Crippen molar-refractivity contribution < 1.29 is 23.5 Å². The van der Waals surface area contributed by atoms with Crippen molar-refractivity contribution in [3.05, 3.63) is 59.7 Å². The Balaban J connectivity index is 1.55. The molecule has 2 heterocycles. The molecule has 2 aliphatic rings. The van der Waals surface area contributed by atoms with Gasteiger partial charge in [0.25, 0.3) is 7.44 Å². The van der Waals surface area contributed by atoms with Gasteiger partial charge in [-0.05, 0) is 35.4 Å². The molecule has 31 heavy (non-hydrogen) atoms. The number of hydrogen-bond donors (Lipinski definition) is 0. The molecule has 0 spiro atoms. The Morgan fingerprint density at radius 3 is 1.55 bits per heavy atom. The van der Waals surface area contributed by atoms with Gasteiger partial charge in [0.2, 0.25) is 0 Å². The van der Waals surface area contributed by atoms with E-state index in [9.17, 15) is 4.57 Å². The Morgan fingerprint density at radius 1 is 0.677 bits per heavy atom. The standard InChI is InChI=1S/C23H31N2O5P/c1-31(26)24-8-9-25(31)23-7-3-5-21(17-23)19-30-15-13-28-11-10-27-12-14-29-18-20-4-2-6-22(24)16-20/h2-7,16-17H,8-15,18-19H2,1H3. The Morgan fingerprint density at radius 2 is 1.10 bits per heavy atom. The van der Waals surface area contributed by atoms with Crippen LogP contribution >= 0.6 is 7.44 Å². The van der Waals surface area contributed by atoms with E-state index >= 15 is 0 Å². The lowest BCUT2D eigenvalue weighted by molar-refractivity contribution is -0.00618. The van der Waals surface area contributed by atoms with Gasteiger partial charge >= 0.3 is 0 Å². The number of fused-ring (bicyclic) bond motifs is 8. The van der Waals surface area contributed by atoms with Crippen LogP contribution in [0, 0.1) is 0 Å². The molecule has 7 nitrogen and oxygen atoms in total. The van der Waals surface area contributed by atoms with Gasteiger partial charge in [-0.25, -0.2) is 0 Å². The third kappa shape index (κ3) is 5.68. The molecule has 1 fully saturated rings. The van der Waals surface area contributed by atoms with E-state index in [0.29, 0.717) is 65.9 Å². The normalized spacial score (nSPS) is 20.8. The van der Waals surface area contributed by atoms with E-state index in [1.54, 1.807) is 0 Å². The summed E-state index contributed by atoms with van der Waals surface area (Å²) in [5, 5.41) is 0. The van der Waals surface area contributed by atoms with E-state index in [4.69, 9.17) is 18.9 Å². The van der Waals surface area contributed by atoms with Crippen LogP contribution in [0.1, 0.15) is 11.1 Å². The van der Waals surface area contributed by atoms with Crippen LogP contribution in [0.4, 0.5) is 11.4 Å². The van der Waals surface area contributed by atoms with Gasteiger partial charge in [0.1, 0.15) is 0 Å². The zero-order valence-corrected chi connectivity index (χ0v) is 19.0. The van der Waals surface area contributed by atoms with Crippen molar-refractivity contribution in [3.8, 4) is 0 Å². The summed E-state index contributed by atoms with van der Waals surface area (Å²) in [6.45, 7) is 7.44. The molecule has 0 unspecified atom stereocenters. The maximum Gasteiger partial charge on any atom is 0.260 e. The molecule has 2 aliphatic heterocycles. The van der Waals surface area contributed by atoms with Crippen LogP contribution in [-0.2, 0) is 36.7 Å². The number of nitrogens with zero attached hydrogens (tertiary/aromatic N) is 2. The minimum atomic E-state index is -2.77. The molecule has 1 saturated heterocycles. The van der Waals surface area contributed by atoms with Gasteiger partial charge in [0, 0.05) is 31.1 Å². The van der Waals surface area contributed by atoms with Crippen LogP contribution in [-0.4, -0.2) is 59.4 Å². The molecule has 0 amide bonds. The van der Waals surface area contributed by atoms with Gasteiger partial charge in [-0.15, -0.1) is 0 Å². The van der Waals surface area contributed by atoms with Crippen LogP contribution < -0.4 is 9.34 Å². The highest BCUT2D eigenvalue weighted by molar-refractivity contribution is 7.66. The summed E-state index contributed by atoms with van der Waals surface area (Å²) < 4.78 is 40.5. The zero-order chi connectivity index (χ0) is 21.5. The van der Waals surface area contributed by atoms with Crippen molar-refractivity contribution in [3.63, 3.8) is 0 Å². The van der Waals surface area contributed by atoms with Crippen LogP contribution in [0.15, 0.2) is 48.5 Å². The van der Waals surface area contributed by atoms with E-state index < -0.39 is 7.44 Å². The molecule has 168 valence electrons. The average molecular weight is 446 g/mol. The minimum absolute atomic E-state index is 0.499. The Kier molecular flexibility index (Phi) is 7.64. The first-order valence-electron chi connectivity index (χ1n) is 10.8. The first-order chi connectivity index (χ1) is 15.1. The topological polar surface area (TPSA) is 60.5 Å². The van der Waals surface area contributed by atoms with Gasteiger partial charge in [0.05, 0.1) is 52.9 Å². The summed E-state index contributed by atoms with van der Waals surface area (Å²) in [5.41, 5.74) is 4.05. The first-order valence-corrected chi connectivity index (χ1v) is 12.8. The molecule has 0 N–H and O–H groups in total. The SMILES string of the molecule is CP1(=O)N2CCN1c1cccc(c1)COCCOCCOCCOCc1cccc2c1. The second-order valence-electron chi connectivity index (χ2n) is 7.75. The van der Waals surface area contributed by atoms with E-state index in [2.05, 4.69) is 12.1 Å². The predicted octanol–water partition coefficient (Wildman–Crippen LogP) is 3.92. The van der Waals surface area contributed by atoms with Crippen LogP contribution in [0.2, 0.25) is 0 Å². The van der Waals surface area contributed by atoms with Crippen LogP contribution in [0.5, 0.6) is 0 Å². The lowest BCUT2D eigenvalue weighted by Crippen LogP contribution is -2.18. The van der Waals surface area contributed by atoms with Crippen molar-refractivity contribution in [2.24, 2.45) is 0 Å². The van der Waals surface area contributed by atoms with Crippen molar-refractivity contribution in [1.82, 2.24) is 0 Å². The molecule has 0 aliphatic carbocycles. The lowest BCUT2D eigenvalue weighted by atomic mass is 10.2. The van der Waals surface area contributed by atoms with Crippen molar-refractivity contribution in [2.75, 3.05) is 68.7 Å². The van der Waals surface area contributed by atoms with Gasteiger partial charge < -0.3 is 28.3 Å². The summed E-state index contributed by atoms with van der Waals surface area (Å²) in [5.74, 6) is 0. The number of ether oxygens (including phenoxy) is 4. The number of anilines is 2. The summed E-state index contributed by atoms with van der Waals surface area (Å²) in [6.07, 6.45) is 0. The zero-order valence-electron chi connectivity index (χ0n) is 18.1. The average Bonchev–Trinajstić information content (AvgIpc) is 3.09. The summed E-state index contributed by atoms with van der Waals surface area (Å²) in [7, 11) is -2.77. The number of rotatable bonds is 0. The second-order valence-corrected chi connectivity index (χ2v) is 10.4. The molecule has 0 saturated carbocycles. The van der Waals surface area contributed by atoms with Gasteiger partial charge in [0.15, 0.2) is 0 Å². The Hall–Kier alpha value is -1.89. The van der Waals surface area contributed by atoms with Crippen molar-refractivity contribution in [1.29, 1.82) is 0 Å². The molecule has 0 atom stereocenters. The molecule has 0 radical (unpaired) electrons. The highest BCUT2D eigenvalue weighted by Gasteiger charge is 2.39. The van der Waals surface area contributed by atoms with E-state index in [1.807, 2.05) is 52.4 Å². The fourth-order valence-corrected chi connectivity index (χ4v) is 6.22. The second kappa shape index (κ2) is 10.6. The predicted molar refractivity (Wildman–Crippen MR) is 122 cm³/mol. The van der Waals surface area contributed by atoms with E-state index in [0.717, 1.165) is 22.5 Å². The fourth-order valence-electron chi connectivity index (χ4n) is 3.93. The number of benzene rings is 2. The lowest BCUT2D eigenvalue weighted by Gasteiger charge is -2.30. The van der Waals surface area contributed by atoms with Gasteiger partial charge in [-0.3, -0.25) is 4.57 Å². The molecular weight excluding hydrogens is 415 g/mol. The fraction of sp³-hybridized carbons (Fsp3) is 0.478. The third-order valence-electron chi connectivity index (χ3n) is 5.49. The largest absolute Gasteiger partial charge is 0.377 e. The summed E-state index contributed by atoms with van der Waals surface area (Å²) in [6, 6.07) is 16.2. The summed E-state index contributed by atoms with van der Waals surface area (Å²) >= 11 is 0. The minimum Gasteiger partial charge on any atom is -0.377 e. The smallest absolute Gasteiger partial charge is 0.260 e. The maximum absolute atomic E-state index is 13.9. The molecule has 4 rings (SSSR count). The third-order valence-corrected chi connectivity index (χ3v) is 8.14. The Bertz CT molecular complexity index is 840. The van der Waals surface area contributed by atoms with E-state index in [1.165, 1.54) is 0 Å². The van der Waals surface area contributed by atoms with Crippen LogP contribution in [0.3, 0.4) is 0 Å². The highest BCUT2D eigenvalue weighted by Crippen LogP contribution is 2.57. The van der Waals surface area contributed by atoms with Gasteiger partial charge in [-0.1, -0.05) is 24.3 Å². The van der Waals surface area contributed by atoms with Crippen molar-refractivity contribution >= 4 is 18.8 Å². The molecule has 0 aromatic heterocycles. The number of hydrogen-bond acceptors (Lipinski definition) is 5. The molecule has 6 bridgehead atoms. The molecular formula is C23H31N2O5P. The summed E-state index contributed by atoms with van der Waals surface area (Å²) in [4.78, 5) is 0. The van der Waals surface area contributed by atoms with Gasteiger partial charge in [-0.2, -0.15) is 0 Å². The monoisotopic (exact) mass is 446 g/mol. The maximum atomic E-state index is 13.9. The Labute approximate surface area is 184 Å². The van der Waals surface area contributed by atoms with Crippen LogP contribution in [0.25, 0.3) is 0 Å². The molecule has 8 heteroatoms. The van der Waals surface area contributed by atoms with E-state index in [-0.39, 0.29) is 0 Å². The quantitative estimate of drug-likeness (QED) is 0.569. The highest BCUT2D eigenvalue weighted by atomic mass is 31.2.